The molecule has 1 aliphatic carbocycles. The fourth-order valence-electron chi connectivity index (χ4n) is 2.75. The van der Waals surface area contributed by atoms with Gasteiger partial charge in [0.2, 0.25) is 0 Å². The van der Waals surface area contributed by atoms with E-state index in [9.17, 15) is 0 Å². The Morgan fingerprint density at radius 3 is 2.53 bits per heavy atom. The van der Waals surface area contributed by atoms with Crippen molar-refractivity contribution >= 4 is 0 Å². The van der Waals surface area contributed by atoms with E-state index in [-0.39, 0.29) is 12.3 Å². The Morgan fingerprint density at radius 2 is 1.94 bits per heavy atom. The minimum Gasteiger partial charge on any atom is -0.354 e. The highest BCUT2D eigenvalue weighted by atomic mass is 16.7. The Bertz CT molecular complexity index is 229. The Balaban J connectivity index is 1.64. The number of nitrogens with one attached hydrogen (secondary N) is 1. The number of rotatable bonds is 7. The first-order valence-electron chi connectivity index (χ1n) is 6.77. The summed E-state index contributed by atoms with van der Waals surface area (Å²) in [5, 5.41) is 3.53. The Labute approximate surface area is 105 Å². The van der Waals surface area contributed by atoms with Gasteiger partial charge in [-0.2, -0.15) is 0 Å². The first kappa shape index (κ1) is 13.3. The normalized spacial score (nSPS) is 27.9. The van der Waals surface area contributed by atoms with E-state index in [0.29, 0.717) is 0 Å². The van der Waals surface area contributed by atoms with Gasteiger partial charge in [-0.15, -0.1) is 0 Å². The second kappa shape index (κ2) is 6.14. The highest BCUT2D eigenvalue weighted by Crippen LogP contribution is 2.31. The van der Waals surface area contributed by atoms with Crippen LogP contribution in [0.2, 0.25) is 0 Å². The summed E-state index contributed by atoms with van der Waals surface area (Å²) >= 11 is 0. The number of nitrogens with zero attached hydrogens (tertiary/aromatic N) is 1. The van der Waals surface area contributed by atoms with Crippen molar-refractivity contribution in [3.05, 3.63) is 0 Å². The molecule has 2 rings (SSSR count). The maximum atomic E-state index is 5.25. The van der Waals surface area contributed by atoms with Crippen molar-refractivity contribution in [3.8, 4) is 0 Å². The molecule has 100 valence electrons. The Hall–Kier alpha value is -0.160. The van der Waals surface area contributed by atoms with Crippen LogP contribution in [0.4, 0.5) is 0 Å². The molecular formula is C13H26N2O2. The molecule has 1 saturated carbocycles. The Kier molecular flexibility index (Phi) is 4.79. The average Bonchev–Trinajstić information content (AvgIpc) is 3.08. The van der Waals surface area contributed by atoms with Crippen molar-refractivity contribution < 1.29 is 9.47 Å². The molecule has 0 aromatic heterocycles. The SMILES string of the molecule is COC(OC)C(C)NCC1CCN(C2CC2)C1. The molecule has 4 nitrogen and oxygen atoms in total. The second-order valence-electron chi connectivity index (χ2n) is 5.42. The van der Waals surface area contributed by atoms with Crippen LogP contribution in [0.5, 0.6) is 0 Å². The first-order valence-corrected chi connectivity index (χ1v) is 6.77. The molecule has 0 bridgehead atoms. The van der Waals surface area contributed by atoms with Crippen LogP contribution in [-0.2, 0) is 9.47 Å². The predicted molar refractivity (Wildman–Crippen MR) is 68.0 cm³/mol. The van der Waals surface area contributed by atoms with Crippen LogP contribution in [0.1, 0.15) is 26.2 Å². The minimum absolute atomic E-state index is 0.143. The summed E-state index contributed by atoms with van der Waals surface area (Å²) < 4.78 is 10.5. The van der Waals surface area contributed by atoms with Gasteiger partial charge in [0, 0.05) is 26.8 Å². The van der Waals surface area contributed by atoms with E-state index in [1.807, 2.05) is 0 Å². The summed E-state index contributed by atoms with van der Waals surface area (Å²) in [4.78, 5) is 2.65. The second-order valence-corrected chi connectivity index (χ2v) is 5.42. The van der Waals surface area contributed by atoms with Crippen LogP contribution in [-0.4, -0.2) is 57.1 Å². The van der Waals surface area contributed by atoms with Crippen LogP contribution in [0.25, 0.3) is 0 Å². The highest BCUT2D eigenvalue weighted by Gasteiger charge is 2.34. The van der Waals surface area contributed by atoms with Crippen LogP contribution in [0.3, 0.4) is 0 Å². The molecule has 0 spiro atoms. The van der Waals surface area contributed by atoms with Crippen molar-refractivity contribution in [1.82, 2.24) is 10.2 Å². The third kappa shape index (κ3) is 3.65. The fourth-order valence-corrected chi connectivity index (χ4v) is 2.75. The molecule has 0 amide bonds. The van der Waals surface area contributed by atoms with Crippen LogP contribution >= 0.6 is 0 Å². The molecule has 2 fully saturated rings. The summed E-state index contributed by atoms with van der Waals surface area (Å²) in [7, 11) is 3.38. The highest BCUT2D eigenvalue weighted by molar-refractivity contribution is 4.90. The van der Waals surface area contributed by atoms with Crippen molar-refractivity contribution in [2.75, 3.05) is 33.9 Å². The van der Waals surface area contributed by atoms with Gasteiger partial charge in [-0.3, -0.25) is 0 Å². The molecule has 1 saturated heterocycles. The van der Waals surface area contributed by atoms with Crippen LogP contribution in [0, 0.1) is 5.92 Å². The minimum atomic E-state index is -0.143. The quantitative estimate of drug-likeness (QED) is 0.677. The summed E-state index contributed by atoms with van der Waals surface area (Å²) in [6, 6.07) is 1.17. The molecule has 2 aliphatic rings. The molecule has 0 radical (unpaired) electrons. The molecular weight excluding hydrogens is 216 g/mol. The van der Waals surface area contributed by atoms with E-state index >= 15 is 0 Å². The zero-order valence-corrected chi connectivity index (χ0v) is 11.3. The monoisotopic (exact) mass is 242 g/mol. The molecule has 2 unspecified atom stereocenters. The summed E-state index contributed by atoms with van der Waals surface area (Å²) in [5.74, 6) is 0.799. The number of hydrogen-bond donors (Lipinski definition) is 1. The van der Waals surface area contributed by atoms with Gasteiger partial charge in [0.15, 0.2) is 6.29 Å². The summed E-state index contributed by atoms with van der Waals surface area (Å²) in [6.45, 7) is 5.76. The first-order chi connectivity index (χ1) is 8.24. The molecule has 1 heterocycles. The molecule has 1 aliphatic heterocycles. The fraction of sp³-hybridized carbons (Fsp3) is 1.00. The number of methoxy groups -OCH3 is 2. The molecule has 2 atom stereocenters. The predicted octanol–water partition coefficient (Wildman–Crippen LogP) is 1.07. The maximum absolute atomic E-state index is 5.25. The third-order valence-corrected chi connectivity index (χ3v) is 3.98. The van der Waals surface area contributed by atoms with Crippen LogP contribution in [0.15, 0.2) is 0 Å². The van der Waals surface area contributed by atoms with Gasteiger partial charge in [-0.05, 0) is 45.2 Å². The van der Waals surface area contributed by atoms with Crippen molar-refractivity contribution in [2.45, 2.75) is 44.6 Å². The van der Waals surface area contributed by atoms with Gasteiger partial charge in [0.25, 0.3) is 0 Å². The van der Waals surface area contributed by atoms with Gasteiger partial charge in [-0.25, -0.2) is 0 Å². The standard InChI is InChI=1S/C13H26N2O2/c1-10(13(16-2)17-3)14-8-11-6-7-15(9-11)12-4-5-12/h10-14H,4-9H2,1-3H3. The molecule has 0 aromatic carbocycles. The Morgan fingerprint density at radius 1 is 1.24 bits per heavy atom. The zero-order valence-electron chi connectivity index (χ0n) is 11.3. The van der Waals surface area contributed by atoms with Crippen molar-refractivity contribution in [1.29, 1.82) is 0 Å². The molecule has 1 N–H and O–H groups in total. The zero-order chi connectivity index (χ0) is 12.3. The van der Waals surface area contributed by atoms with E-state index in [1.165, 1.54) is 32.4 Å². The lowest BCUT2D eigenvalue weighted by Crippen LogP contribution is -2.42. The van der Waals surface area contributed by atoms with Crippen LogP contribution < -0.4 is 5.32 Å². The lowest BCUT2D eigenvalue weighted by atomic mass is 10.1. The van der Waals surface area contributed by atoms with E-state index in [1.54, 1.807) is 14.2 Å². The lowest BCUT2D eigenvalue weighted by molar-refractivity contribution is -0.119. The molecule has 0 aromatic rings. The summed E-state index contributed by atoms with van der Waals surface area (Å²) in [6.07, 6.45) is 4.04. The van der Waals surface area contributed by atoms with Crippen molar-refractivity contribution in [2.24, 2.45) is 5.92 Å². The largest absolute Gasteiger partial charge is 0.354 e. The van der Waals surface area contributed by atoms with E-state index in [2.05, 4.69) is 17.1 Å². The summed E-state index contributed by atoms with van der Waals surface area (Å²) in [5.41, 5.74) is 0. The van der Waals surface area contributed by atoms with E-state index in [0.717, 1.165) is 18.5 Å². The third-order valence-electron chi connectivity index (χ3n) is 3.98. The van der Waals surface area contributed by atoms with Gasteiger partial charge >= 0.3 is 0 Å². The topological polar surface area (TPSA) is 33.7 Å². The van der Waals surface area contributed by atoms with Gasteiger partial charge in [0.05, 0.1) is 6.04 Å². The molecule has 17 heavy (non-hydrogen) atoms. The average molecular weight is 242 g/mol. The maximum Gasteiger partial charge on any atom is 0.171 e. The van der Waals surface area contributed by atoms with Crippen molar-refractivity contribution in [3.63, 3.8) is 0 Å². The smallest absolute Gasteiger partial charge is 0.171 e. The van der Waals surface area contributed by atoms with E-state index < -0.39 is 0 Å². The number of ether oxygens (including phenoxy) is 2. The number of likely N-dealkylation sites (tertiary alicyclic amines) is 1. The lowest BCUT2D eigenvalue weighted by Gasteiger charge is -2.24. The van der Waals surface area contributed by atoms with Gasteiger partial charge < -0.3 is 19.7 Å². The van der Waals surface area contributed by atoms with Gasteiger partial charge in [-0.1, -0.05) is 0 Å². The van der Waals surface area contributed by atoms with Gasteiger partial charge in [0.1, 0.15) is 0 Å². The molecule has 4 heteroatoms. The number of hydrogen-bond acceptors (Lipinski definition) is 4. The van der Waals surface area contributed by atoms with E-state index in [4.69, 9.17) is 9.47 Å².